The fraction of sp³-hybridized carbons (Fsp3) is 0.400. The van der Waals surface area contributed by atoms with Crippen LogP contribution < -0.4 is 5.56 Å². The van der Waals surface area contributed by atoms with Crippen LogP contribution in [-0.4, -0.2) is 50.9 Å². The van der Waals surface area contributed by atoms with Gasteiger partial charge in [-0.1, -0.05) is 43.3 Å². The third-order valence-electron chi connectivity index (χ3n) is 5.62. The van der Waals surface area contributed by atoms with Gasteiger partial charge in [0.25, 0.3) is 5.56 Å². The minimum Gasteiger partial charge on any atom is -0.372 e. The topological polar surface area (TPSA) is 64.4 Å². The van der Waals surface area contributed by atoms with Crippen LogP contribution in [0.4, 0.5) is 4.39 Å². The Bertz CT molecular complexity index is 1200. The van der Waals surface area contributed by atoms with Crippen LogP contribution in [0.2, 0.25) is 0 Å². The second-order valence-corrected chi connectivity index (χ2v) is 9.60. The van der Waals surface area contributed by atoms with E-state index in [9.17, 15) is 14.0 Å². The van der Waals surface area contributed by atoms with Crippen molar-refractivity contribution >= 4 is 28.6 Å². The maximum Gasteiger partial charge on any atom is 0.266 e. The number of para-hydroxylation sites is 1. The molecule has 3 aromatic rings. The number of benzene rings is 2. The van der Waals surface area contributed by atoms with Gasteiger partial charge in [0.05, 0.1) is 34.0 Å². The number of halogens is 1. The molecule has 0 radical (unpaired) electrons. The third kappa shape index (κ3) is 5.12. The molecule has 4 rings (SSSR count). The van der Waals surface area contributed by atoms with Crippen LogP contribution in [0.3, 0.4) is 0 Å². The van der Waals surface area contributed by atoms with Crippen molar-refractivity contribution in [2.75, 3.05) is 13.1 Å². The predicted octanol–water partition coefficient (Wildman–Crippen LogP) is 4.42. The van der Waals surface area contributed by atoms with Gasteiger partial charge in [0.2, 0.25) is 5.91 Å². The van der Waals surface area contributed by atoms with E-state index in [1.165, 1.54) is 28.5 Å². The molecule has 33 heavy (non-hydrogen) atoms. The first kappa shape index (κ1) is 23.4. The van der Waals surface area contributed by atoms with Gasteiger partial charge >= 0.3 is 0 Å². The zero-order valence-electron chi connectivity index (χ0n) is 19.0. The van der Waals surface area contributed by atoms with E-state index < -0.39 is 11.1 Å². The highest BCUT2D eigenvalue weighted by molar-refractivity contribution is 8.00. The molecule has 0 saturated carbocycles. The van der Waals surface area contributed by atoms with Gasteiger partial charge in [-0.25, -0.2) is 9.37 Å². The SMILES string of the molecule is CCCC(Sc1nc2ccccc2c(=O)n1-c1cccc(F)c1)C(=O)N1CC(C)OC(C)C1. The normalized spacial score (nSPS) is 19.6. The van der Waals surface area contributed by atoms with Crippen molar-refractivity contribution in [3.8, 4) is 5.69 Å². The second kappa shape index (κ2) is 10.1. The molecular formula is C25H28FN3O3S. The number of nitrogens with zero attached hydrogens (tertiary/aromatic N) is 3. The average Bonchev–Trinajstić information content (AvgIpc) is 2.78. The highest BCUT2D eigenvalue weighted by atomic mass is 32.2. The maximum absolute atomic E-state index is 14.0. The Kier molecular flexibility index (Phi) is 7.14. The zero-order chi connectivity index (χ0) is 23.5. The largest absolute Gasteiger partial charge is 0.372 e. The molecule has 0 spiro atoms. The molecule has 0 aliphatic carbocycles. The van der Waals surface area contributed by atoms with E-state index in [-0.39, 0.29) is 23.7 Å². The Morgan fingerprint density at radius 3 is 2.61 bits per heavy atom. The lowest BCUT2D eigenvalue weighted by molar-refractivity contribution is -0.142. The van der Waals surface area contributed by atoms with Gasteiger partial charge in [0.15, 0.2) is 5.16 Å². The highest BCUT2D eigenvalue weighted by Crippen LogP contribution is 2.30. The number of aromatic nitrogens is 2. The Balaban J connectivity index is 1.77. The van der Waals surface area contributed by atoms with Gasteiger partial charge < -0.3 is 9.64 Å². The number of ether oxygens (including phenoxy) is 1. The van der Waals surface area contributed by atoms with E-state index in [0.717, 1.165) is 6.42 Å². The number of amides is 1. The monoisotopic (exact) mass is 469 g/mol. The summed E-state index contributed by atoms with van der Waals surface area (Å²) in [6.45, 7) is 7.02. The van der Waals surface area contributed by atoms with Crippen LogP contribution in [-0.2, 0) is 9.53 Å². The van der Waals surface area contributed by atoms with Gasteiger partial charge in [0.1, 0.15) is 5.82 Å². The number of fused-ring (bicyclic) bond motifs is 1. The van der Waals surface area contributed by atoms with Gasteiger partial charge in [-0.05, 0) is 50.6 Å². The standard InChI is InChI=1S/C25H28FN3O3S/c1-4-8-22(24(31)28-14-16(2)32-17(3)15-28)33-25-27-21-12-6-5-11-20(21)23(30)29(25)19-10-7-9-18(26)13-19/h5-7,9-13,16-17,22H,4,8,14-15H2,1-3H3. The lowest BCUT2D eigenvalue weighted by atomic mass is 10.2. The van der Waals surface area contributed by atoms with Crippen molar-refractivity contribution in [2.24, 2.45) is 0 Å². The summed E-state index contributed by atoms with van der Waals surface area (Å²) in [6, 6.07) is 13.0. The first-order valence-electron chi connectivity index (χ1n) is 11.3. The minimum absolute atomic E-state index is 0.0112. The van der Waals surface area contributed by atoms with Crippen molar-refractivity contribution in [1.82, 2.24) is 14.5 Å². The molecule has 1 fully saturated rings. The van der Waals surface area contributed by atoms with Crippen LogP contribution in [0, 0.1) is 5.82 Å². The minimum atomic E-state index is -0.444. The molecule has 1 aromatic heterocycles. The van der Waals surface area contributed by atoms with E-state index in [1.54, 1.807) is 30.3 Å². The number of rotatable bonds is 6. The fourth-order valence-corrected chi connectivity index (χ4v) is 5.52. The van der Waals surface area contributed by atoms with Crippen molar-refractivity contribution in [2.45, 2.75) is 56.2 Å². The Labute approximate surface area is 196 Å². The summed E-state index contributed by atoms with van der Waals surface area (Å²) in [6.07, 6.45) is 1.37. The molecule has 2 heterocycles. The maximum atomic E-state index is 14.0. The summed E-state index contributed by atoms with van der Waals surface area (Å²) >= 11 is 1.27. The van der Waals surface area contributed by atoms with Gasteiger partial charge in [0, 0.05) is 13.1 Å². The smallest absolute Gasteiger partial charge is 0.266 e. The molecule has 0 bridgehead atoms. The molecule has 1 aliphatic heterocycles. The molecule has 1 saturated heterocycles. The van der Waals surface area contributed by atoms with E-state index in [1.807, 2.05) is 31.7 Å². The fourth-order valence-electron chi connectivity index (χ4n) is 4.22. The Hall–Kier alpha value is -2.71. The van der Waals surface area contributed by atoms with Crippen molar-refractivity contribution in [1.29, 1.82) is 0 Å². The molecular weight excluding hydrogens is 441 g/mol. The highest BCUT2D eigenvalue weighted by Gasteiger charge is 2.32. The number of carbonyl (C=O) groups is 1. The number of thioether (sulfide) groups is 1. The van der Waals surface area contributed by atoms with Crippen molar-refractivity contribution < 1.29 is 13.9 Å². The van der Waals surface area contributed by atoms with Crippen molar-refractivity contribution in [3.05, 3.63) is 64.7 Å². The van der Waals surface area contributed by atoms with Gasteiger partial charge in [-0.2, -0.15) is 0 Å². The summed E-state index contributed by atoms with van der Waals surface area (Å²) in [4.78, 5) is 33.5. The van der Waals surface area contributed by atoms with E-state index in [2.05, 4.69) is 0 Å². The second-order valence-electron chi connectivity index (χ2n) is 8.43. The van der Waals surface area contributed by atoms with Gasteiger partial charge in [-0.3, -0.25) is 14.2 Å². The molecule has 3 atom stereocenters. The summed E-state index contributed by atoms with van der Waals surface area (Å²) < 4.78 is 21.2. The molecule has 1 aliphatic rings. The first-order chi connectivity index (χ1) is 15.9. The molecule has 1 amide bonds. The zero-order valence-corrected chi connectivity index (χ0v) is 19.8. The Morgan fingerprint density at radius 2 is 1.91 bits per heavy atom. The molecule has 2 aromatic carbocycles. The van der Waals surface area contributed by atoms with E-state index in [0.29, 0.717) is 41.3 Å². The molecule has 3 unspecified atom stereocenters. The number of hydrogen-bond acceptors (Lipinski definition) is 5. The summed E-state index contributed by atoms with van der Waals surface area (Å²) in [5, 5.41) is 0.408. The lowest BCUT2D eigenvalue weighted by Crippen LogP contribution is -2.50. The molecule has 174 valence electrons. The number of morpholine rings is 1. The summed E-state index contributed by atoms with van der Waals surface area (Å²) in [5.41, 5.74) is 0.649. The third-order valence-corrected chi connectivity index (χ3v) is 6.82. The lowest BCUT2D eigenvalue weighted by Gasteiger charge is -2.37. The van der Waals surface area contributed by atoms with Crippen LogP contribution in [0.1, 0.15) is 33.6 Å². The summed E-state index contributed by atoms with van der Waals surface area (Å²) in [7, 11) is 0. The van der Waals surface area contributed by atoms with Gasteiger partial charge in [-0.15, -0.1) is 0 Å². The van der Waals surface area contributed by atoms with E-state index >= 15 is 0 Å². The Morgan fingerprint density at radius 1 is 1.18 bits per heavy atom. The number of hydrogen-bond donors (Lipinski definition) is 0. The molecule has 6 nitrogen and oxygen atoms in total. The van der Waals surface area contributed by atoms with Crippen LogP contribution in [0.5, 0.6) is 0 Å². The summed E-state index contributed by atoms with van der Waals surface area (Å²) in [5.74, 6) is -0.432. The quantitative estimate of drug-likeness (QED) is 0.395. The first-order valence-corrected chi connectivity index (χ1v) is 12.1. The molecule has 8 heteroatoms. The van der Waals surface area contributed by atoms with Crippen LogP contribution in [0.25, 0.3) is 16.6 Å². The molecule has 0 N–H and O–H groups in total. The van der Waals surface area contributed by atoms with Crippen LogP contribution >= 0.6 is 11.8 Å². The van der Waals surface area contributed by atoms with Crippen LogP contribution in [0.15, 0.2) is 58.5 Å². The predicted molar refractivity (Wildman–Crippen MR) is 128 cm³/mol. The van der Waals surface area contributed by atoms with E-state index in [4.69, 9.17) is 9.72 Å². The van der Waals surface area contributed by atoms with Crippen molar-refractivity contribution in [3.63, 3.8) is 0 Å². The number of carbonyl (C=O) groups excluding carboxylic acids is 1. The average molecular weight is 470 g/mol.